The van der Waals surface area contributed by atoms with Gasteiger partial charge in [0.2, 0.25) is 5.91 Å². The summed E-state index contributed by atoms with van der Waals surface area (Å²) in [6.07, 6.45) is 0. The summed E-state index contributed by atoms with van der Waals surface area (Å²) >= 11 is 5.62. The Bertz CT molecular complexity index is 166. The highest BCUT2D eigenvalue weighted by atomic mass is 35.5. The van der Waals surface area contributed by atoms with E-state index in [1.54, 1.807) is 11.9 Å². The van der Waals surface area contributed by atoms with Crippen LogP contribution in [0.3, 0.4) is 0 Å². The molecule has 0 saturated carbocycles. The monoisotopic (exact) mass is 145 g/mol. The van der Waals surface area contributed by atoms with Crippen molar-refractivity contribution in [3.63, 3.8) is 0 Å². The summed E-state index contributed by atoms with van der Waals surface area (Å²) < 4.78 is 0. The van der Waals surface area contributed by atoms with Crippen LogP contribution in [0.2, 0.25) is 0 Å². The van der Waals surface area contributed by atoms with Crippen LogP contribution < -0.4 is 0 Å². The molecule has 1 amide bonds. The molecule has 0 aromatic carbocycles. The number of carbonyl (C=O) groups excluding carboxylic acids is 1. The Balaban J connectivity index is 2.77. The summed E-state index contributed by atoms with van der Waals surface area (Å²) in [6, 6.07) is 0. The second-order valence-corrected chi connectivity index (χ2v) is 2.65. The first kappa shape index (κ1) is 6.62. The minimum Gasteiger partial charge on any atom is -0.340 e. The molecular formula is C6H8ClNO. The SMILES string of the molecule is C=C1CN(C)C(=O)C1Cl. The molecule has 1 saturated heterocycles. The zero-order chi connectivity index (χ0) is 7.02. The molecule has 1 unspecified atom stereocenters. The number of nitrogens with zero attached hydrogens (tertiary/aromatic N) is 1. The van der Waals surface area contributed by atoms with Crippen LogP contribution in [-0.2, 0) is 4.79 Å². The molecule has 0 radical (unpaired) electrons. The van der Waals surface area contributed by atoms with E-state index in [4.69, 9.17) is 11.6 Å². The van der Waals surface area contributed by atoms with Crippen LogP contribution in [0, 0.1) is 0 Å². The summed E-state index contributed by atoms with van der Waals surface area (Å²) in [7, 11) is 1.72. The first-order chi connectivity index (χ1) is 4.13. The lowest BCUT2D eigenvalue weighted by Gasteiger charge is -2.03. The van der Waals surface area contributed by atoms with Gasteiger partial charge in [-0.3, -0.25) is 4.79 Å². The first-order valence-corrected chi connectivity index (χ1v) is 3.13. The average Bonchev–Trinajstić information content (AvgIpc) is 1.98. The molecule has 3 heteroatoms. The summed E-state index contributed by atoms with van der Waals surface area (Å²) in [5, 5.41) is -0.477. The second kappa shape index (κ2) is 2.03. The third kappa shape index (κ3) is 0.944. The number of rotatable bonds is 0. The highest BCUT2D eigenvalue weighted by molar-refractivity contribution is 6.33. The van der Waals surface area contributed by atoms with Crippen molar-refractivity contribution >= 4 is 17.5 Å². The van der Waals surface area contributed by atoms with Gasteiger partial charge in [0.05, 0.1) is 0 Å². The van der Waals surface area contributed by atoms with Crippen molar-refractivity contribution in [3.05, 3.63) is 12.2 Å². The Morgan fingerprint density at radius 1 is 1.89 bits per heavy atom. The predicted molar refractivity (Wildman–Crippen MR) is 36.4 cm³/mol. The fourth-order valence-electron chi connectivity index (χ4n) is 0.831. The van der Waals surface area contributed by atoms with Crippen LogP contribution >= 0.6 is 11.6 Å². The van der Waals surface area contributed by atoms with Gasteiger partial charge in [-0.05, 0) is 5.57 Å². The fraction of sp³-hybridized carbons (Fsp3) is 0.500. The third-order valence-electron chi connectivity index (χ3n) is 1.39. The molecular weight excluding hydrogens is 138 g/mol. The van der Waals surface area contributed by atoms with E-state index in [0.717, 1.165) is 5.57 Å². The lowest BCUT2D eigenvalue weighted by molar-refractivity contribution is -0.126. The maximum Gasteiger partial charge on any atom is 0.244 e. The predicted octanol–water partition coefficient (Wildman–Crippen LogP) is 0.622. The summed E-state index contributed by atoms with van der Waals surface area (Å²) in [4.78, 5) is 12.4. The van der Waals surface area contributed by atoms with Gasteiger partial charge in [-0.25, -0.2) is 0 Å². The van der Waals surface area contributed by atoms with Crippen molar-refractivity contribution in [2.45, 2.75) is 5.38 Å². The van der Waals surface area contributed by atoms with Gasteiger partial charge in [0.15, 0.2) is 0 Å². The molecule has 0 spiro atoms. The van der Waals surface area contributed by atoms with E-state index in [9.17, 15) is 4.79 Å². The number of amides is 1. The number of hydrogen-bond acceptors (Lipinski definition) is 1. The number of alkyl halides is 1. The van der Waals surface area contributed by atoms with Gasteiger partial charge < -0.3 is 4.90 Å². The molecule has 1 atom stereocenters. The topological polar surface area (TPSA) is 20.3 Å². The summed E-state index contributed by atoms with van der Waals surface area (Å²) in [5.74, 6) is -0.0401. The minimum atomic E-state index is -0.477. The van der Waals surface area contributed by atoms with Crippen LogP contribution in [0.5, 0.6) is 0 Å². The van der Waals surface area contributed by atoms with Crippen LogP contribution in [0.25, 0.3) is 0 Å². The molecule has 1 rings (SSSR count). The quantitative estimate of drug-likeness (QED) is 0.362. The van der Waals surface area contributed by atoms with Gasteiger partial charge in [-0.2, -0.15) is 0 Å². The third-order valence-corrected chi connectivity index (χ3v) is 1.89. The number of likely N-dealkylation sites (N-methyl/N-ethyl adjacent to an activating group) is 1. The molecule has 0 aromatic rings. The molecule has 50 valence electrons. The Kier molecular flexibility index (Phi) is 1.49. The van der Waals surface area contributed by atoms with Gasteiger partial charge in [-0.1, -0.05) is 6.58 Å². The van der Waals surface area contributed by atoms with Crippen molar-refractivity contribution in [2.24, 2.45) is 0 Å². The number of carbonyl (C=O) groups is 1. The molecule has 2 nitrogen and oxygen atoms in total. The van der Waals surface area contributed by atoms with Crippen LogP contribution in [0.4, 0.5) is 0 Å². The minimum absolute atomic E-state index is 0.0401. The smallest absolute Gasteiger partial charge is 0.244 e. The zero-order valence-corrected chi connectivity index (χ0v) is 5.98. The molecule has 1 aliphatic heterocycles. The van der Waals surface area contributed by atoms with E-state index >= 15 is 0 Å². The first-order valence-electron chi connectivity index (χ1n) is 2.69. The maximum absolute atomic E-state index is 10.8. The Morgan fingerprint density at radius 3 is 2.56 bits per heavy atom. The fourth-order valence-corrected chi connectivity index (χ4v) is 1.07. The van der Waals surface area contributed by atoms with Crippen molar-refractivity contribution in [3.8, 4) is 0 Å². The lowest BCUT2D eigenvalue weighted by Crippen LogP contribution is -2.22. The summed E-state index contributed by atoms with van der Waals surface area (Å²) in [5.41, 5.74) is 0.796. The molecule has 0 aliphatic carbocycles. The van der Waals surface area contributed by atoms with E-state index in [-0.39, 0.29) is 5.91 Å². The number of halogens is 1. The average molecular weight is 146 g/mol. The van der Waals surface area contributed by atoms with Crippen molar-refractivity contribution in [2.75, 3.05) is 13.6 Å². The van der Waals surface area contributed by atoms with Crippen LogP contribution in [0.15, 0.2) is 12.2 Å². The molecule has 0 aromatic heterocycles. The highest BCUT2D eigenvalue weighted by Crippen LogP contribution is 2.18. The van der Waals surface area contributed by atoms with Gasteiger partial charge in [0.1, 0.15) is 5.38 Å². The summed E-state index contributed by atoms with van der Waals surface area (Å²) in [6.45, 7) is 4.25. The van der Waals surface area contributed by atoms with E-state index in [1.807, 2.05) is 0 Å². The molecule has 0 bridgehead atoms. The molecule has 1 heterocycles. The Morgan fingerprint density at radius 2 is 2.44 bits per heavy atom. The largest absolute Gasteiger partial charge is 0.340 e. The molecule has 9 heavy (non-hydrogen) atoms. The lowest BCUT2D eigenvalue weighted by atomic mass is 10.3. The zero-order valence-electron chi connectivity index (χ0n) is 5.22. The van der Waals surface area contributed by atoms with Gasteiger partial charge in [-0.15, -0.1) is 11.6 Å². The van der Waals surface area contributed by atoms with Gasteiger partial charge in [0, 0.05) is 13.6 Å². The van der Waals surface area contributed by atoms with Crippen LogP contribution in [0.1, 0.15) is 0 Å². The maximum atomic E-state index is 10.8. The Labute approximate surface area is 59.1 Å². The van der Waals surface area contributed by atoms with Crippen molar-refractivity contribution < 1.29 is 4.79 Å². The number of likely N-dealkylation sites (tertiary alicyclic amines) is 1. The van der Waals surface area contributed by atoms with Gasteiger partial charge >= 0.3 is 0 Å². The Hall–Kier alpha value is -0.500. The molecule has 1 aliphatic rings. The van der Waals surface area contributed by atoms with Crippen molar-refractivity contribution in [1.29, 1.82) is 0 Å². The van der Waals surface area contributed by atoms with Crippen molar-refractivity contribution in [1.82, 2.24) is 4.90 Å². The van der Waals surface area contributed by atoms with E-state index < -0.39 is 5.38 Å². The van der Waals surface area contributed by atoms with Crippen LogP contribution in [-0.4, -0.2) is 29.8 Å². The highest BCUT2D eigenvalue weighted by Gasteiger charge is 2.29. The van der Waals surface area contributed by atoms with Gasteiger partial charge in [0.25, 0.3) is 0 Å². The van der Waals surface area contributed by atoms with E-state index in [2.05, 4.69) is 6.58 Å². The standard InChI is InChI=1S/C6H8ClNO/c1-4-3-8(2)6(9)5(4)7/h5H,1,3H2,2H3. The van der Waals surface area contributed by atoms with E-state index in [0.29, 0.717) is 6.54 Å². The van der Waals surface area contributed by atoms with E-state index in [1.165, 1.54) is 0 Å². The second-order valence-electron chi connectivity index (χ2n) is 2.22. The molecule has 1 fully saturated rings. The number of hydrogen-bond donors (Lipinski definition) is 0. The normalized spacial score (nSPS) is 27.8. The molecule has 0 N–H and O–H groups in total.